The third-order valence-corrected chi connectivity index (χ3v) is 6.29. The maximum atomic E-state index is 6.40. The standard InChI is InChI=1S/C21H28N6O/c1-25-12-5-4-8-18(25)21-24-23-20-11-13-26(14-27(20)21)28-19-10-9-17(22)15-6-2-3-7-16(15)19/h2-3,6-7,11,13,17-19H,4-5,8-10,12,14,22H2,1H3/t17-,18-,19+/m0/s1. The van der Waals surface area contributed by atoms with E-state index in [2.05, 4.69) is 51.0 Å². The molecule has 0 radical (unpaired) electrons. The Morgan fingerprint density at radius 2 is 1.93 bits per heavy atom. The van der Waals surface area contributed by atoms with Crippen molar-refractivity contribution >= 4 is 6.08 Å². The van der Waals surface area contributed by atoms with Crippen molar-refractivity contribution in [2.75, 3.05) is 13.6 Å². The minimum absolute atomic E-state index is 0.0273. The molecule has 0 spiro atoms. The molecule has 7 heteroatoms. The molecule has 0 saturated carbocycles. The molecule has 1 fully saturated rings. The number of nitrogens with two attached hydrogens (primary N) is 1. The second kappa shape index (κ2) is 7.31. The van der Waals surface area contributed by atoms with E-state index in [-0.39, 0.29) is 12.1 Å². The van der Waals surface area contributed by atoms with Gasteiger partial charge in [-0.1, -0.05) is 30.7 Å². The molecule has 1 saturated heterocycles. The highest BCUT2D eigenvalue weighted by Crippen LogP contribution is 2.38. The summed E-state index contributed by atoms with van der Waals surface area (Å²) in [5.41, 5.74) is 8.71. The van der Waals surface area contributed by atoms with Crippen LogP contribution in [0.15, 0.2) is 30.5 Å². The molecule has 1 aromatic heterocycles. The fourth-order valence-corrected chi connectivity index (χ4v) is 4.71. The summed E-state index contributed by atoms with van der Waals surface area (Å²) in [4.78, 5) is 8.80. The minimum atomic E-state index is 0.0273. The fraction of sp³-hybridized carbons (Fsp3) is 0.524. The molecule has 1 aromatic carbocycles. The van der Waals surface area contributed by atoms with E-state index in [1.807, 2.05) is 17.3 Å². The van der Waals surface area contributed by atoms with Crippen LogP contribution in [0.4, 0.5) is 0 Å². The van der Waals surface area contributed by atoms with Crippen LogP contribution < -0.4 is 5.73 Å². The van der Waals surface area contributed by atoms with Crippen molar-refractivity contribution in [3.05, 3.63) is 53.2 Å². The normalized spacial score (nSPS) is 27.5. The number of hydroxylamine groups is 2. The maximum Gasteiger partial charge on any atom is 0.159 e. The van der Waals surface area contributed by atoms with Crippen LogP contribution in [0.25, 0.3) is 6.08 Å². The molecule has 2 aliphatic heterocycles. The van der Waals surface area contributed by atoms with E-state index in [0.717, 1.165) is 37.5 Å². The Kier molecular flexibility index (Phi) is 4.66. The van der Waals surface area contributed by atoms with Crippen LogP contribution in [-0.2, 0) is 11.5 Å². The van der Waals surface area contributed by atoms with Crippen molar-refractivity contribution in [3.8, 4) is 0 Å². The Labute approximate surface area is 165 Å². The second-order valence-corrected chi connectivity index (χ2v) is 8.12. The highest BCUT2D eigenvalue weighted by atomic mass is 16.7. The quantitative estimate of drug-likeness (QED) is 0.882. The second-order valence-electron chi connectivity index (χ2n) is 8.12. The molecule has 3 heterocycles. The molecule has 3 atom stereocenters. The van der Waals surface area contributed by atoms with E-state index in [1.165, 1.54) is 24.0 Å². The van der Waals surface area contributed by atoms with Gasteiger partial charge in [0.2, 0.25) is 0 Å². The minimum Gasteiger partial charge on any atom is -0.324 e. The predicted octanol–water partition coefficient (Wildman–Crippen LogP) is 3.15. The Balaban J connectivity index is 1.36. The van der Waals surface area contributed by atoms with Gasteiger partial charge in [0.25, 0.3) is 0 Å². The van der Waals surface area contributed by atoms with Gasteiger partial charge in [0.05, 0.1) is 6.04 Å². The molecule has 5 rings (SSSR count). The Morgan fingerprint density at radius 1 is 1.07 bits per heavy atom. The van der Waals surface area contributed by atoms with Crippen molar-refractivity contribution in [2.45, 2.75) is 57.0 Å². The monoisotopic (exact) mass is 380 g/mol. The number of benzene rings is 1. The summed E-state index contributed by atoms with van der Waals surface area (Å²) in [5, 5.41) is 10.8. The Hall–Kier alpha value is -2.22. The van der Waals surface area contributed by atoms with Crippen LogP contribution in [0.5, 0.6) is 0 Å². The van der Waals surface area contributed by atoms with E-state index in [4.69, 9.17) is 10.6 Å². The number of hydrogen-bond donors (Lipinski definition) is 1. The van der Waals surface area contributed by atoms with Gasteiger partial charge >= 0.3 is 0 Å². The molecular weight excluding hydrogens is 352 g/mol. The average molecular weight is 380 g/mol. The van der Waals surface area contributed by atoms with Gasteiger partial charge in [-0.2, -0.15) is 0 Å². The maximum absolute atomic E-state index is 6.40. The summed E-state index contributed by atoms with van der Waals surface area (Å²) in [6.07, 6.45) is 9.48. The van der Waals surface area contributed by atoms with Crippen LogP contribution in [0.3, 0.4) is 0 Å². The summed E-state index contributed by atoms with van der Waals surface area (Å²) in [7, 11) is 2.18. The number of nitrogens with zero attached hydrogens (tertiary/aromatic N) is 5. The number of fused-ring (bicyclic) bond motifs is 2. The molecule has 0 amide bonds. The third kappa shape index (κ3) is 3.13. The number of rotatable bonds is 3. The van der Waals surface area contributed by atoms with E-state index in [1.54, 1.807) is 0 Å². The lowest BCUT2D eigenvalue weighted by Gasteiger charge is -2.35. The van der Waals surface area contributed by atoms with Crippen molar-refractivity contribution in [3.63, 3.8) is 0 Å². The topological polar surface area (TPSA) is 72.4 Å². The largest absolute Gasteiger partial charge is 0.324 e. The lowest BCUT2D eigenvalue weighted by Crippen LogP contribution is -2.34. The van der Waals surface area contributed by atoms with Gasteiger partial charge < -0.3 is 5.73 Å². The molecule has 0 unspecified atom stereocenters. The first-order valence-corrected chi connectivity index (χ1v) is 10.3. The van der Waals surface area contributed by atoms with E-state index < -0.39 is 0 Å². The summed E-state index contributed by atoms with van der Waals surface area (Å²) >= 11 is 0. The number of piperidine rings is 1. The highest BCUT2D eigenvalue weighted by molar-refractivity contribution is 5.41. The van der Waals surface area contributed by atoms with Gasteiger partial charge in [-0.25, -0.2) is 5.06 Å². The van der Waals surface area contributed by atoms with Gasteiger partial charge in [0.1, 0.15) is 12.8 Å². The predicted molar refractivity (Wildman–Crippen MR) is 107 cm³/mol. The van der Waals surface area contributed by atoms with Gasteiger partial charge in [-0.15, -0.1) is 10.2 Å². The van der Waals surface area contributed by atoms with Crippen molar-refractivity contribution in [1.29, 1.82) is 0 Å². The molecule has 0 bridgehead atoms. The lowest BCUT2D eigenvalue weighted by atomic mass is 9.86. The molecule has 148 valence electrons. The number of aromatic nitrogens is 3. The molecule has 1 aliphatic carbocycles. The van der Waals surface area contributed by atoms with Crippen molar-refractivity contribution < 1.29 is 4.84 Å². The van der Waals surface area contributed by atoms with E-state index >= 15 is 0 Å². The Morgan fingerprint density at radius 3 is 2.79 bits per heavy atom. The van der Waals surface area contributed by atoms with Crippen LogP contribution in [0, 0.1) is 0 Å². The fourth-order valence-electron chi connectivity index (χ4n) is 4.71. The van der Waals surface area contributed by atoms with Gasteiger partial charge in [0.15, 0.2) is 11.6 Å². The van der Waals surface area contributed by atoms with Gasteiger partial charge in [-0.05, 0) is 50.4 Å². The van der Waals surface area contributed by atoms with Crippen molar-refractivity contribution in [1.82, 2.24) is 24.7 Å². The van der Waals surface area contributed by atoms with Crippen LogP contribution in [-0.4, -0.2) is 38.3 Å². The van der Waals surface area contributed by atoms with Gasteiger partial charge in [-0.3, -0.25) is 14.3 Å². The average Bonchev–Trinajstić information content (AvgIpc) is 3.14. The first-order chi connectivity index (χ1) is 13.7. The zero-order valence-corrected chi connectivity index (χ0v) is 16.4. The van der Waals surface area contributed by atoms with Gasteiger partial charge in [0, 0.05) is 18.3 Å². The Bertz CT molecular complexity index is 878. The molecule has 28 heavy (non-hydrogen) atoms. The summed E-state index contributed by atoms with van der Waals surface area (Å²) in [6, 6.07) is 8.81. The molecule has 7 nitrogen and oxygen atoms in total. The SMILES string of the molecule is CN1CCCC[C@H]1c1nnc2n1CN(O[C@@H]1CC[C@H](N)c3ccccc31)C=C2. The molecule has 3 aliphatic rings. The molecule has 2 N–H and O–H groups in total. The summed E-state index contributed by atoms with van der Waals surface area (Å²) in [6.45, 7) is 1.73. The zero-order valence-electron chi connectivity index (χ0n) is 16.4. The number of hydrogen-bond acceptors (Lipinski definition) is 6. The van der Waals surface area contributed by atoms with E-state index in [9.17, 15) is 0 Å². The summed E-state index contributed by atoms with van der Waals surface area (Å²) in [5.74, 6) is 1.95. The summed E-state index contributed by atoms with van der Waals surface area (Å²) < 4.78 is 2.19. The van der Waals surface area contributed by atoms with Crippen LogP contribution in [0.2, 0.25) is 0 Å². The van der Waals surface area contributed by atoms with E-state index in [0.29, 0.717) is 12.7 Å². The van der Waals surface area contributed by atoms with Crippen LogP contribution >= 0.6 is 0 Å². The van der Waals surface area contributed by atoms with Crippen LogP contribution in [0.1, 0.15) is 73.1 Å². The third-order valence-electron chi connectivity index (χ3n) is 6.29. The van der Waals surface area contributed by atoms with Crippen molar-refractivity contribution in [2.24, 2.45) is 5.73 Å². The first-order valence-electron chi connectivity index (χ1n) is 10.3. The smallest absolute Gasteiger partial charge is 0.159 e. The zero-order chi connectivity index (χ0) is 19.1. The highest BCUT2D eigenvalue weighted by Gasteiger charge is 2.30. The molecular formula is C21H28N6O. The first kappa shape index (κ1) is 17.8. The molecule has 2 aromatic rings. The number of likely N-dealkylation sites (tertiary alicyclic amines) is 1. The lowest BCUT2D eigenvalue weighted by molar-refractivity contribution is -0.190.